The van der Waals surface area contributed by atoms with Gasteiger partial charge in [0.2, 0.25) is 0 Å². The van der Waals surface area contributed by atoms with Gasteiger partial charge in [0.1, 0.15) is 0 Å². The van der Waals surface area contributed by atoms with Gasteiger partial charge in [-0.15, -0.1) is 0 Å². The topological polar surface area (TPSA) is 9.23 Å². The van der Waals surface area contributed by atoms with Gasteiger partial charge in [0.25, 0.3) is 0 Å². The highest BCUT2D eigenvalue weighted by atomic mass is 16.5. The maximum atomic E-state index is 5.93. The van der Waals surface area contributed by atoms with Crippen molar-refractivity contribution >= 4 is 0 Å². The molecule has 0 N–H and O–H groups in total. The van der Waals surface area contributed by atoms with Gasteiger partial charge in [0.15, 0.2) is 0 Å². The molecule has 0 spiro atoms. The molecule has 4 saturated carbocycles. The Labute approximate surface area is 179 Å². The molecule has 5 rings (SSSR count). The maximum absolute atomic E-state index is 5.93. The summed E-state index contributed by atoms with van der Waals surface area (Å²) in [5.41, 5.74) is 6.28. The molecule has 1 nitrogen and oxygen atoms in total. The SMILES string of the molecule is CC(C)=CCC/C(C)=C1/CCC2(C)C1CCC1C2CCC2C3COC3CCC21C. The number of ether oxygens (including phenoxy) is 1. The third-order valence-corrected chi connectivity index (χ3v) is 10.8. The molecule has 162 valence electrons. The first-order valence-electron chi connectivity index (χ1n) is 12.8. The average Bonchev–Trinajstić information content (AvgIpc) is 2.99. The summed E-state index contributed by atoms with van der Waals surface area (Å²) in [5.74, 6) is 4.70. The Kier molecular flexibility index (Phi) is 5.09. The molecule has 5 fully saturated rings. The predicted molar refractivity (Wildman–Crippen MR) is 122 cm³/mol. The summed E-state index contributed by atoms with van der Waals surface area (Å²) in [6.07, 6.45) is 17.2. The number of rotatable bonds is 3. The van der Waals surface area contributed by atoms with E-state index in [0.717, 1.165) is 36.2 Å². The Hall–Kier alpha value is -0.560. The second-order valence-corrected chi connectivity index (χ2v) is 12.2. The lowest BCUT2D eigenvalue weighted by molar-refractivity contribution is -0.228. The van der Waals surface area contributed by atoms with Gasteiger partial charge in [-0.3, -0.25) is 0 Å². The molecule has 0 aromatic heterocycles. The predicted octanol–water partition coefficient (Wildman–Crippen LogP) is 7.72. The minimum absolute atomic E-state index is 0.580. The number of allylic oxidation sites excluding steroid dienone is 4. The Morgan fingerprint density at radius 2 is 1.66 bits per heavy atom. The first kappa shape index (κ1) is 20.3. The van der Waals surface area contributed by atoms with Crippen LogP contribution < -0.4 is 0 Å². The van der Waals surface area contributed by atoms with Crippen LogP contribution in [0.15, 0.2) is 22.8 Å². The van der Waals surface area contributed by atoms with Gasteiger partial charge in [-0.1, -0.05) is 36.6 Å². The molecule has 0 radical (unpaired) electrons. The highest BCUT2D eigenvalue weighted by molar-refractivity contribution is 5.27. The van der Waals surface area contributed by atoms with Crippen LogP contribution in [0.4, 0.5) is 0 Å². The molecule has 5 aliphatic rings. The molecule has 8 unspecified atom stereocenters. The number of fused-ring (bicyclic) bond motifs is 7. The highest BCUT2D eigenvalue weighted by Crippen LogP contribution is 2.69. The maximum Gasteiger partial charge on any atom is 0.0628 e. The van der Waals surface area contributed by atoms with E-state index in [-0.39, 0.29) is 0 Å². The monoisotopic (exact) mass is 396 g/mol. The lowest BCUT2D eigenvalue weighted by Gasteiger charge is -2.65. The van der Waals surface area contributed by atoms with Crippen LogP contribution in [0.3, 0.4) is 0 Å². The van der Waals surface area contributed by atoms with Crippen LogP contribution in [0.5, 0.6) is 0 Å². The van der Waals surface area contributed by atoms with Crippen LogP contribution in [-0.4, -0.2) is 12.7 Å². The van der Waals surface area contributed by atoms with E-state index < -0.39 is 0 Å². The van der Waals surface area contributed by atoms with Gasteiger partial charge in [-0.05, 0) is 119 Å². The number of hydrogen-bond donors (Lipinski definition) is 0. The first-order valence-corrected chi connectivity index (χ1v) is 12.8. The van der Waals surface area contributed by atoms with E-state index in [9.17, 15) is 0 Å². The van der Waals surface area contributed by atoms with Crippen LogP contribution in [0, 0.1) is 40.4 Å². The van der Waals surface area contributed by atoms with Gasteiger partial charge in [0.05, 0.1) is 12.7 Å². The van der Waals surface area contributed by atoms with Crippen molar-refractivity contribution in [2.45, 2.75) is 105 Å². The summed E-state index contributed by atoms with van der Waals surface area (Å²) in [6, 6.07) is 0. The average molecular weight is 397 g/mol. The summed E-state index contributed by atoms with van der Waals surface area (Å²) in [7, 11) is 0. The van der Waals surface area contributed by atoms with E-state index in [1.807, 2.05) is 5.57 Å². The summed E-state index contributed by atoms with van der Waals surface area (Å²) in [6.45, 7) is 13.4. The Morgan fingerprint density at radius 1 is 0.931 bits per heavy atom. The smallest absolute Gasteiger partial charge is 0.0628 e. The van der Waals surface area contributed by atoms with Crippen molar-refractivity contribution in [2.24, 2.45) is 40.4 Å². The Morgan fingerprint density at radius 3 is 2.38 bits per heavy atom. The molecule has 0 aromatic rings. The fraction of sp³-hybridized carbons (Fsp3) is 0.857. The fourth-order valence-corrected chi connectivity index (χ4v) is 9.18. The van der Waals surface area contributed by atoms with Crippen molar-refractivity contribution in [2.75, 3.05) is 6.61 Å². The molecule has 0 amide bonds. The van der Waals surface area contributed by atoms with Crippen molar-refractivity contribution in [3.05, 3.63) is 22.8 Å². The highest BCUT2D eigenvalue weighted by Gasteiger charge is 2.62. The minimum atomic E-state index is 0.580. The molecule has 4 aliphatic carbocycles. The zero-order valence-electron chi connectivity index (χ0n) is 19.7. The molecule has 0 aromatic carbocycles. The van der Waals surface area contributed by atoms with Crippen LogP contribution in [0.1, 0.15) is 98.8 Å². The lowest BCUT2D eigenvalue weighted by atomic mass is 9.42. The van der Waals surface area contributed by atoms with Gasteiger partial charge in [-0.25, -0.2) is 0 Å². The molecular weight excluding hydrogens is 352 g/mol. The van der Waals surface area contributed by atoms with E-state index >= 15 is 0 Å². The van der Waals surface area contributed by atoms with Crippen molar-refractivity contribution in [3.63, 3.8) is 0 Å². The summed E-state index contributed by atoms with van der Waals surface area (Å²) in [5, 5.41) is 0. The van der Waals surface area contributed by atoms with Crippen molar-refractivity contribution < 1.29 is 4.74 Å². The Bertz CT molecular complexity index is 712. The van der Waals surface area contributed by atoms with Crippen molar-refractivity contribution in [3.8, 4) is 0 Å². The van der Waals surface area contributed by atoms with Crippen LogP contribution in [-0.2, 0) is 4.74 Å². The molecule has 1 aliphatic heterocycles. The van der Waals surface area contributed by atoms with Crippen LogP contribution >= 0.6 is 0 Å². The summed E-state index contributed by atoms with van der Waals surface area (Å²) < 4.78 is 5.93. The van der Waals surface area contributed by atoms with Gasteiger partial charge in [0, 0.05) is 5.92 Å². The second-order valence-electron chi connectivity index (χ2n) is 12.2. The quantitative estimate of drug-likeness (QED) is 0.444. The van der Waals surface area contributed by atoms with Crippen molar-refractivity contribution in [1.82, 2.24) is 0 Å². The first-order chi connectivity index (χ1) is 13.8. The molecule has 8 atom stereocenters. The van der Waals surface area contributed by atoms with E-state index in [2.05, 4.69) is 40.7 Å². The van der Waals surface area contributed by atoms with Crippen LogP contribution in [0.2, 0.25) is 0 Å². The third-order valence-electron chi connectivity index (χ3n) is 10.8. The van der Waals surface area contributed by atoms with E-state index in [1.165, 1.54) is 69.8 Å². The standard InChI is InChI=1S/C28H44O/c1-18(2)7-6-8-19(3)20-13-15-27(4)22(20)9-11-25-24(27)12-10-23-21-17-29-26(21)14-16-28(23,25)5/h7,21-26H,6,8-17H2,1-5H3/b20-19-. The zero-order chi connectivity index (χ0) is 20.4. The molecule has 29 heavy (non-hydrogen) atoms. The van der Waals surface area contributed by atoms with Crippen LogP contribution in [0.25, 0.3) is 0 Å². The van der Waals surface area contributed by atoms with Crippen molar-refractivity contribution in [1.29, 1.82) is 0 Å². The molecular formula is C28H44O. The zero-order valence-corrected chi connectivity index (χ0v) is 19.7. The second kappa shape index (κ2) is 7.25. The number of hydrogen-bond acceptors (Lipinski definition) is 1. The van der Waals surface area contributed by atoms with E-state index in [4.69, 9.17) is 4.74 Å². The minimum Gasteiger partial charge on any atom is -0.377 e. The van der Waals surface area contributed by atoms with E-state index in [0.29, 0.717) is 16.9 Å². The summed E-state index contributed by atoms with van der Waals surface area (Å²) >= 11 is 0. The normalized spacial score (nSPS) is 49.8. The molecule has 1 heterocycles. The van der Waals surface area contributed by atoms with E-state index in [1.54, 1.807) is 5.57 Å². The molecule has 0 bridgehead atoms. The summed E-state index contributed by atoms with van der Waals surface area (Å²) in [4.78, 5) is 0. The largest absolute Gasteiger partial charge is 0.377 e. The van der Waals surface area contributed by atoms with Gasteiger partial charge in [-0.2, -0.15) is 0 Å². The lowest BCUT2D eigenvalue weighted by Crippen LogP contribution is -2.61. The molecule has 1 heteroatoms. The van der Waals surface area contributed by atoms with Gasteiger partial charge < -0.3 is 4.74 Å². The molecule has 1 saturated heterocycles. The Balaban J connectivity index is 1.37. The fourth-order valence-electron chi connectivity index (χ4n) is 9.18. The van der Waals surface area contributed by atoms with Gasteiger partial charge >= 0.3 is 0 Å². The third kappa shape index (κ3) is 3.04.